The van der Waals surface area contributed by atoms with Crippen LogP contribution in [0.1, 0.15) is 24.1 Å². The van der Waals surface area contributed by atoms with E-state index < -0.39 is 0 Å². The Morgan fingerprint density at radius 1 is 1.21 bits per heavy atom. The van der Waals surface area contributed by atoms with E-state index >= 15 is 0 Å². The number of nitrogens with zero attached hydrogens (tertiary/aromatic N) is 4. The van der Waals surface area contributed by atoms with Crippen LogP contribution in [0, 0.1) is 13.8 Å². The highest BCUT2D eigenvalue weighted by molar-refractivity contribution is 5.14. The van der Waals surface area contributed by atoms with E-state index in [1.165, 1.54) is 11.4 Å². The molecule has 0 aliphatic rings. The van der Waals surface area contributed by atoms with Gasteiger partial charge in [0.2, 0.25) is 0 Å². The Morgan fingerprint density at radius 2 is 1.86 bits per heavy atom. The summed E-state index contributed by atoms with van der Waals surface area (Å²) in [5.74, 6) is 0.979. The van der Waals surface area contributed by atoms with Gasteiger partial charge in [-0.15, -0.1) is 10.2 Å². The summed E-state index contributed by atoms with van der Waals surface area (Å²) in [6.07, 6.45) is 2.63. The van der Waals surface area contributed by atoms with Crippen molar-refractivity contribution in [1.82, 2.24) is 19.5 Å². The zero-order chi connectivity index (χ0) is 10.1. The third kappa shape index (κ3) is 1.23. The lowest BCUT2D eigenvalue weighted by atomic mass is 10.5. The Hall–Kier alpha value is -1.58. The zero-order valence-corrected chi connectivity index (χ0v) is 8.73. The molecule has 0 aliphatic heterocycles. The molecule has 2 rings (SSSR count). The van der Waals surface area contributed by atoms with Gasteiger partial charge in [-0.3, -0.25) is 4.68 Å². The number of hydrogen-bond donors (Lipinski definition) is 0. The van der Waals surface area contributed by atoms with Gasteiger partial charge in [0.25, 0.3) is 0 Å². The SMILES string of the molecule is CCc1nncn1-n1c(C)ccc1C. The monoisotopic (exact) mass is 190 g/mol. The van der Waals surface area contributed by atoms with Gasteiger partial charge in [-0.1, -0.05) is 6.92 Å². The van der Waals surface area contributed by atoms with Crippen molar-refractivity contribution in [2.24, 2.45) is 0 Å². The summed E-state index contributed by atoms with van der Waals surface area (Å²) in [6, 6.07) is 4.18. The van der Waals surface area contributed by atoms with Crippen LogP contribution in [0.2, 0.25) is 0 Å². The third-order valence-electron chi connectivity index (χ3n) is 2.36. The molecule has 0 spiro atoms. The smallest absolute Gasteiger partial charge is 0.152 e. The van der Waals surface area contributed by atoms with E-state index in [0.29, 0.717) is 0 Å². The van der Waals surface area contributed by atoms with Crippen molar-refractivity contribution in [3.05, 3.63) is 35.7 Å². The van der Waals surface area contributed by atoms with E-state index in [9.17, 15) is 0 Å². The summed E-state index contributed by atoms with van der Waals surface area (Å²) >= 11 is 0. The second-order valence-corrected chi connectivity index (χ2v) is 3.37. The molecule has 4 nitrogen and oxygen atoms in total. The van der Waals surface area contributed by atoms with E-state index in [1.54, 1.807) is 6.33 Å². The van der Waals surface area contributed by atoms with Gasteiger partial charge in [0.05, 0.1) is 0 Å². The van der Waals surface area contributed by atoms with Crippen LogP contribution in [-0.2, 0) is 6.42 Å². The van der Waals surface area contributed by atoms with Crippen LogP contribution in [0.4, 0.5) is 0 Å². The van der Waals surface area contributed by atoms with Crippen molar-refractivity contribution in [3.8, 4) is 0 Å². The molecule has 0 amide bonds. The second-order valence-electron chi connectivity index (χ2n) is 3.37. The minimum Gasteiger partial charge on any atom is -0.256 e. The quantitative estimate of drug-likeness (QED) is 0.720. The first-order chi connectivity index (χ1) is 6.74. The van der Waals surface area contributed by atoms with Gasteiger partial charge < -0.3 is 0 Å². The summed E-state index contributed by atoms with van der Waals surface area (Å²) in [4.78, 5) is 0. The van der Waals surface area contributed by atoms with E-state index in [-0.39, 0.29) is 0 Å². The average molecular weight is 190 g/mol. The Labute approximate surface area is 83.2 Å². The van der Waals surface area contributed by atoms with Gasteiger partial charge in [-0.05, 0) is 26.0 Å². The molecular formula is C10H14N4. The van der Waals surface area contributed by atoms with E-state index in [0.717, 1.165) is 12.2 Å². The molecule has 0 atom stereocenters. The molecule has 0 bridgehead atoms. The number of hydrogen-bond acceptors (Lipinski definition) is 2. The molecule has 74 valence electrons. The fourth-order valence-corrected chi connectivity index (χ4v) is 1.65. The molecule has 2 heterocycles. The van der Waals surface area contributed by atoms with Crippen molar-refractivity contribution in [1.29, 1.82) is 0 Å². The maximum Gasteiger partial charge on any atom is 0.152 e. The fourth-order valence-electron chi connectivity index (χ4n) is 1.65. The first kappa shape index (κ1) is 8.99. The highest BCUT2D eigenvalue weighted by Crippen LogP contribution is 2.09. The number of rotatable bonds is 2. The van der Waals surface area contributed by atoms with Gasteiger partial charge in [0, 0.05) is 17.8 Å². The molecule has 0 radical (unpaired) electrons. The first-order valence-electron chi connectivity index (χ1n) is 4.78. The van der Waals surface area contributed by atoms with Gasteiger partial charge in [0.1, 0.15) is 6.33 Å². The average Bonchev–Trinajstić information content (AvgIpc) is 2.73. The largest absolute Gasteiger partial charge is 0.256 e. The fraction of sp³-hybridized carbons (Fsp3) is 0.400. The highest BCUT2D eigenvalue weighted by atomic mass is 15.5. The standard InChI is InChI=1S/C10H14N4/c1-4-10-12-11-7-13(10)14-8(2)5-6-9(14)3/h5-7H,4H2,1-3H3. The second kappa shape index (κ2) is 3.29. The summed E-state index contributed by atoms with van der Waals surface area (Å²) in [6.45, 7) is 6.23. The van der Waals surface area contributed by atoms with Crippen LogP contribution in [0.5, 0.6) is 0 Å². The van der Waals surface area contributed by atoms with Crippen LogP contribution in [-0.4, -0.2) is 19.5 Å². The normalized spacial score (nSPS) is 10.8. The van der Waals surface area contributed by atoms with E-state index in [4.69, 9.17) is 0 Å². The lowest BCUT2D eigenvalue weighted by Crippen LogP contribution is -2.14. The Bertz CT molecular complexity index is 419. The molecule has 0 unspecified atom stereocenters. The lowest BCUT2D eigenvalue weighted by molar-refractivity contribution is 0.590. The molecular weight excluding hydrogens is 176 g/mol. The van der Waals surface area contributed by atoms with Crippen molar-refractivity contribution in [2.45, 2.75) is 27.2 Å². The van der Waals surface area contributed by atoms with Crippen molar-refractivity contribution >= 4 is 0 Å². The molecule has 2 aromatic rings. The molecule has 14 heavy (non-hydrogen) atoms. The Kier molecular flexibility index (Phi) is 2.11. The Morgan fingerprint density at radius 3 is 2.43 bits per heavy atom. The predicted molar refractivity (Wildman–Crippen MR) is 54.1 cm³/mol. The Balaban J connectivity index is 2.59. The van der Waals surface area contributed by atoms with Gasteiger partial charge in [-0.2, -0.15) is 0 Å². The van der Waals surface area contributed by atoms with Crippen LogP contribution in [0.25, 0.3) is 0 Å². The third-order valence-corrected chi connectivity index (χ3v) is 2.36. The molecule has 0 N–H and O–H groups in total. The topological polar surface area (TPSA) is 35.6 Å². The molecule has 4 heteroatoms. The van der Waals surface area contributed by atoms with Crippen molar-refractivity contribution in [3.63, 3.8) is 0 Å². The molecule has 0 aliphatic carbocycles. The number of aromatic nitrogens is 4. The highest BCUT2D eigenvalue weighted by Gasteiger charge is 2.07. The van der Waals surface area contributed by atoms with Crippen LogP contribution in [0.15, 0.2) is 18.5 Å². The summed E-state index contributed by atoms with van der Waals surface area (Å²) in [7, 11) is 0. The minimum atomic E-state index is 0.886. The molecule has 0 fully saturated rings. The van der Waals surface area contributed by atoms with Crippen LogP contribution < -0.4 is 0 Å². The molecule has 2 aromatic heterocycles. The van der Waals surface area contributed by atoms with Crippen LogP contribution >= 0.6 is 0 Å². The van der Waals surface area contributed by atoms with Gasteiger partial charge in [0.15, 0.2) is 5.82 Å². The maximum absolute atomic E-state index is 4.06. The number of aryl methyl sites for hydroxylation is 3. The summed E-state index contributed by atoms with van der Waals surface area (Å²) in [5.41, 5.74) is 2.38. The molecule has 0 saturated heterocycles. The summed E-state index contributed by atoms with van der Waals surface area (Å²) in [5, 5.41) is 7.99. The molecule has 0 aromatic carbocycles. The van der Waals surface area contributed by atoms with E-state index in [1.807, 2.05) is 4.68 Å². The zero-order valence-electron chi connectivity index (χ0n) is 8.73. The lowest BCUT2D eigenvalue weighted by Gasteiger charge is -2.11. The van der Waals surface area contributed by atoms with Gasteiger partial charge >= 0.3 is 0 Å². The predicted octanol–water partition coefficient (Wildman–Crippen LogP) is 1.57. The summed E-state index contributed by atoms with van der Waals surface area (Å²) < 4.78 is 4.10. The van der Waals surface area contributed by atoms with E-state index in [2.05, 4.69) is 47.8 Å². The molecule has 0 saturated carbocycles. The van der Waals surface area contributed by atoms with Gasteiger partial charge in [-0.25, -0.2) is 4.68 Å². The van der Waals surface area contributed by atoms with Crippen molar-refractivity contribution < 1.29 is 0 Å². The first-order valence-corrected chi connectivity index (χ1v) is 4.78. The minimum absolute atomic E-state index is 0.886. The van der Waals surface area contributed by atoms with Crippen LogP contribution in [0.3, 0.4) is 0 Å². The van der Waals surface area contributed by atoms with Crippen molar-refractivity contribution in [2.75, 3.05) is 0 Å². The maximum atomic E-state index is 4.06.